The van der Waals surface area contributed by atoms with Crippen LogP contribution < -0.4 is 5.46 Å². The average Bonchev–Trinajstić information content (AvgIpc) is 2.88. The van der Waals surface area contributed by atoms with Crippen LogP contribution in [0.5, 0.6) is 0 Å². The second kappa shape index (κ2) is 6.31. The molecule has 6 heteroatoms. The molecule has 0 unspecified atom stereocenters. The highest BCUT2D eigenvalue weighted by atomic mass is 16.4. The predicted molar refractivity (Wildman–Crippen MR) is 73.5 cm³/mol. The van der Waals surface area contributed by atoms with E-state index >= 15 is 0 Å². The molecule has 2 rings (SSSR count). The number of allylic oxidation sites excluding steroid dienone is 1. The molecule has 0 spiro atoms. The number of unbranched alkanes of at least 4 members (excludes halogenated alkanes) is 1. The molecular formula is C13H15BN2O3. The highest BCUT2D eigenvalue weighted by molar-refractivity contribution is 6.58. The van der Waals surface area contributed by atoms with Crippen LogP contribution in [0, 0.1) is 0 Å². The molecule has 0 saturated heterocycles. The third kappa shape index (κ3) is 3.53. The first-order valence-corrected chi connectivity index (χ1v) is 6.17. The normalized spacial score (nSPS) is 11.1. The molecule has 2 aromatic rings. The lowest BCUT2D eigenvalue weighted by molar-refractivity contribution is 0.426. The Morgan fingerprint density at radius 3 is 2.58 bits per heavy atom. The summed E-state index contributed by atoms with van der Waals surface area (Å²) in [7, 11) is -1.47. The van der Waals surface area contributed by atoms with Gasteiger partial charge in [0.2, 0.25) is 11.8 Å². The monoisotopic (exact) mass is 258 g/mol. The van der Waals surface area contributed by atoms with Crippen LogP contribution in [0.3, 0.4) is 0 Å². The number of nitrogens with zero attached hydrogens (tertiary/aromatic N) is 2. The molecule has 19 heavy (non-hydrogen) atoms. The molecule has 0 aliphatic heterocycles. The van der Waals surface area contributed by atoms with Crippen LogP contribution in [0.15, 0.2) is 34.8 Å². The number of aromatic nitrogens is 2. The van der Waals surface area contributed by atoms with E-state index in [-0.39, 0.29) is 0 Å². The standard InChI is InChI=1S/C13H15BN2O3/c1-2-3-4-5-12-15-16-13(19-12)10-6-8-11(9-7-10)14(17)18/h4-9,17-18H,2-3H2,1H3/b5-4+. The van der Waals surface area contributed by atoms with Crippen molar-refractivity contribution < 1.29 is 14.5 Å². The molecule has 0 radical (unpaired) electrons. The smallest absolute Gasteiger partial charge is 0.423 e. The van der Waals surface area contributed by atoms with Crippen molar-refractivity contribution in [1.82, 2.24) is 10.2 Å². The zero-order chi connectivity index (χ0) is 13.7. The van der Waals surface area contributed by atoms with Gasteiger partial charge in [0.1, 0.15) is 0 Å². The van der Waals surface area contributed by atoms with E-state index in [2.05, 4.69) is 17.1 Å². The molecule has 0 amide bonds. The Morgan fingerprint density at radius 2 is 1.95 bits per heavy atom. The highest BCUT2D eigenvalue weighted by Gasteiger charge is 2.12. The summed E-state index contributed by atoms with van der Waals surface area (Å²) in [4.78, 5) is 0. The van der Waals surface area contributed by atoms with Crippen LogP contribution in [0.2, 0.25) is 0 Å². The van der Waals surface area contributed by atoms with Gasteiger partial charge in [0.25, 0.3) is 0 Å². The Morgan fingerprint density at radius 1 is 1.21 bits per heavy atom. The van der Waals surface area contributed by atoms with Crippen molar-refractivity contribution >= 4 is 18.7 Å². The Hall–Kier alpha value is -1.92. The maximum Gasteiger partial charge on any atom is 0.488 e. The summed E-state index contributed by atoms with van der Waals surface area (Å²) in [5.41, 5.74) is 1.17. The fraction of sp³-hybridized carbons (Fsp3) is 0.231. The summed E-state index contributed by atoms with van der Waals surface area (Å²) in [5.74, 6) is 0.879. The van der Waals surface area contributed by atoms with Gasteiger partial charge >= 0.3 is 7.12 Å². The summed E-state index contributed by atoms with van der Waals surface area (Å²) in [6, 6.07) is 6.64. The van der Waals surface area contributed by atoms with Gasteiger partial charge in [0.15, 0.2) is 0 Å². The van der Waals surface area contributed by atoms with Gasteiger partial charge in [0.05, 0.1) is 0 Å². The van der Waals surface area contributed by atoms with E-state index in [4.69, 9.17) is 14.5 Å². The fourth-order valence-corrected chi connectivity index (χ4v) is 1.57. The lowest BCUT2D eigenvalue weighted by Gasteiger charge is -1.99. The molecule has 0 aliphatic rings. The van der Waals surface area contributed by atoms with Crippen molar-refractivity contribution in [3.05, 3.63) is 36.2 Å². The lowest BCUT2D eigenvalue weighted by atomic mass is 9.80. The summed E-state index contributed by atoms with van der Waals surface area (Å²) >= 11 is 0. The molecule has 0 aliphatic carbocycles. The van der Waals surface area contributed by atoms with E-state index in [1.165, 1.54) is 0 Å². The molecule has 1 aromatic heterocycles. The van der Waals surface area contributed by atoms with Crippen LogP contribution in [0.4, 0.5) is 0 Å². The van der Waals surface area contributed by atoms with Gasteiger partial charge in [-0.1, -0.05) is 31.6 Å². The van der Waals surface area contributed by atoms with Crippen molar-refractivity contribution in [3.63, 3.8) is 0 Å². The summed E-state index contributed by atoms with van der Waals surface area (Å²) < 4.78 is 5.48. The SMILES string of the molecule is CCC/C=C/c1nnc(-c2ccc(B(O)O)cc2)o1. The molecule has 0 atom stereocenters. The fourth-order valence-electron chi connectivity index (χ4n) is 1.57. The maximum atomic E-state index is 9.00. The summed E-state index contributed by atoms with van der Waals surface area (Å²) in [6.45, 7) is 2.10. The van der Waals surface area contributed by atoms with Crippen molar-refractivity contribution in [2.75, 3.05) is 0 Å². The van der Waals surface area contributed by atoms with Crippen molar-refractivity contribution in [3.8, 4) is 11.5 Å². The van der Waals surface area contributed by atoms with Crippen molar-refractivity contribution in [2.45, 2.75) is 19.8 Å². The second-order valence-electron chi connectivity index (χ2n) is 4.13. The predicted octanol–water partition coefficient (Wildman–Crippen LogP) is 1.23. The first-order chi connectivity index (χ1) is 9.20. The van der Waals surface area contributed by atoms with Crippen molar-refractivity contribution in [1.29, 1.82) is 0 Å². The summed E-state index contributed by atoms with van der Waals surface area (Å²) in [6.07, 6.45) is 5.83. The van der Waals surface area contributed by atoms with E-state index in [1.54, 1.807) is 30.3 Å². The van der Waals surface area contributed by atoms with Crippen LogP contribution in [-0.4, -0.2) is 27.4 Å². The first kappa shape index (κ1) is 13.5. The van der Waals surface area contributed by atoms with Crippen LogP contribution in [0.1, 0.15) is 25.7 Å². The molecule has 5 nitrogen and oxygen atoms in total. The zero-order valence-electron chi connectivity index (χ0n) is 10.7. The zero-order valence-corrected chi connectivity index (χ0v) is 10.7. The molecule has 1 heterocycles. The maximum absolute atomic E-state index is 9.00. The van der Waals surface area contributed by atoms with Gasteiger partial charge in [-0.05, 0) is 30.1 Å². The van der Waals surface area contributed by atoms with Crippen LogP contribution >= 0.6 is 0 Å². The second-order valence-corrected chi connectivity index (χ2v) is 4.13. The Labute approximate surface area is 111 Å². The van der Waals surface area contributed by atoms with Gasteiger partial charge in [-0.2, -0.15) is 0 Å². The molecule has 2 N–H and O–H groups in total. The molecule has 0 bridgehead atoms. The molecular weight excluding hydrogens is 243 g/mol. The topological polar surface area (TPSA) is 79.4 Å². The van der Waals surface area contributed by atoms with Crippen LogP contribution in [-0.2, 0) is 0 Å². The van der Waals surface area contributed by atoms with Gasteiger partial charge in [0, 0.05) is 5.56 Å². The Kier molecular flexibility index (Phi) is 4.49. The Bertz CT molecular complexity index is 549. The molecule has 0 fully saturated rings. The van der Waals surface area contributed by atoms with Gasteiger partial charge in [-0.25, -0.2) is 0 Å². The molecule has 98 valence electrons. The first-order valence-electron chi connectivity index (χ1n) is 6.17. The number of rotatable bonds is 5. The van der Waals surface area contributed by atoms with E-state index < -0.39 is 7.12 Å². The third-order valence-corrected chi connectivity index (χ3v) is 2.61. The Balaban J connectivity index is 2.13. The number of benzene rings is 1. The van der Waals surface area contributed by atoms with E-state index in [1.807, 2.05) is 6.08 Å². The van der Waals surface area contributed by atoms with E-state index in [0.29, 0.717) is 17.2 Å². The minimum atomic E-state index is -1.47. The van der Waals surface area contributed by atoms with Gasteiger partial charge < -0.3 is 14.5 Å². The molecule has 1 aromatic carbocycles. The van der Waals surface area contributed by atoms with E-state index in [0.717, 1.165) is 18.4 Å². The lowest BCUT2D eigenvalue weighted by Crippen LogP contribution is -2.29. The molecule has 0 saturated carbocycles. The largest absolute Gasteiger partial charge is 0.488 e. The minimum Gasteiger partial charge on any atom is -0.423 e. The highest BCUT2D eigenvalue weighted by Crippen LogP contribution is 2.17. The number of hydrogen-bond donors (Lipinski definition) is 2. The summed E-state index contributed by atoms with van der Waals surface area (Å²) in [5, 5.41) is 25.9. The van der Waals surface area contributed by atoms with E-state index in [9.17, 15) is 0 Å². The quantitative estimate of drug-likeness (QED) is 0.788. The van der Waals surface area contributed by atoms with Crippen molar-refractivity contribution in [2.24, 2.45) is 0 Å². The van der Waals surface area contributed by atoms with Gasteiger partial charge in [-0.3, -0.25) is 0 Å². The third-order valence-electron chi connectivity index (χ3n) is 2.61. The average molecular weight is 258 g/mol. The minimum absolute atomic E-state index is 0.412. The van der Waals surface area contributed by atoms with Crippen LogP contribution in [0.25, 0.3) is 17.5 Å². The number of hydrogen-bond acceptors (Lipinski definition) is 5. The van der Waals surface area contributed by atoms with Gasteiger partial charge in [-0.15, -0.1) is 10.2 Å².